The van der Waals surface area contributed by atoms with Gasteiger partial charge >= 0.3 is 0 Å². The molecule has 1 aliphatic heterocycles. The van der Waals surface area contributed by atoms with Crippen molar-refractivity contribution in [1.82, 2.24) is 24.1 Å². The molecule has 0 radical (unpaired) electrons. The molecule has 3 aromatic rings. The minimum absolute atomic E-state index is 0.00222. The molecule has 1 saturated heterocycles. The van der Waals surface area contributed by atoms with E-state index >= 15 is 0 Å². The maximum absolute atomic E-state index is 12.3. The minimum atomic E-state index is -0.192. The molecule has 2 N–H and O–H groups in total. The van der Waals surface area contributed by atoms with E-state index in [9.17, 15) is 9.90 Å². The molecule has 0 saturated carbocycles. The van der Waals surface area contributed by atoms with Crippen LogP contribution in [0.2, 0.25) is 0 Å². The Kier molecular flexibility index (Phi) is 4.91. The van der Waals surface area contributed by atoms with Crippen LogP contribution < -0.4 is 5.56 Å². The Balaban J connectivity index is 1.51. The lowest BCUT2D eigenvalue weighted by Crippen LogP contribution is -2.34. The molecule has 0 aromatic carbocycles. The number of aliphatic hydroxyl groups excluding tert-OH is 1. The Morgan fingerprint density at radius 2 is 2.15 bits per heavy atom. The molecule has 27 heavy (non-hydrogen) atoms. The summed E-state index contributed by atoms with van der Waals surface area (Å²) in [7, 11) is 0. The summed E-state index contributed by atoms with van der Waals surface area (Å²) >= 11 is 0. The number of nitrogens with zero attached hydrogens (tertiary/aromatic N) is 5. The number of aromatic hydroxyl groups is 1. The molecule has 142 valence electrons. The zero-order valence-electron chi connectivity index (χ0n) is 15.0. The van der Waals surface area contributed by atoms with Crippen LogP contribution in [-0.2, 0) is 13.1 Å². The summed E-state index contributed by atoms with van der Waals surface area (Å²) in [5.41, 5.74) is 1.80. The third-order valence-corrected chi connectivity index (χ3v) is 5.02. The number of hydrogen-bond acceptors (Lipinski definition) is 6. The van der Waals surface area contributed by atoms with Gasteiger partial charge in [-0.2, -0.15) is 5.10 Å². The van der Waals surface area contributed by atoms with Crippen LogP contribution in [0.1, 0.15) is 30.1 Å². The van der Waals surface area contributed by atoms with Crippen LogP contribution >= 0.6 is 0 Å². The van der Waals surface area contributed by atoms with Crippen molar-refractivity contribution < 1.29 is 10.2 Å². The van der Waals surface area contributed by atoms with Crippen LogP contribution in [0.25, 0.3) is 5.65 Å². The first-order valence-electron chi connectivity index (χ1n) is 9.21. The zero-order chi connectivity index (χ0) is 18.8. The summed E-state index contributed by atoms with van der Waals surface area (Å²) in [6.07, 6.45) is 5.63. The molecule has 0 amide bonds. The molecule has 0 aliphatic carbocycles. The normalized spacial score (nSPS) is 18.2. The average Bonchev–Trinajstić information content (AvgIpc) is 3.12. The van der Waals surface area contributed by atoms with Crippen molar-refractivity contribution in [3.05, 3.63) is 58.4 Å². The molecule has 1 atom stereocenters. The summed E-state index contributed by atoms with van der Waals surface area (Å²) < 4.78 is 3.12. The highest BCUT2D eigenvalue weighted by molar-refractivity contribution is 5.52. The van der Waals surface area contributed by atoms with Crippen molar-refractivity contribution >= 4 is 5.65 Å². The number of piperidine rings is 1. The second-order valence-electron chi connectivity index (χ2n) is 6.97. The number of likely N-dealkylation sites (tertiary alicyclic amines) is 1. The quantitative estimate of drug-likeness (QED) is 0.696. The first kappa shape index (κ1) is 17.7. The molecule has 8 heteroatoms. The number of hydrogen-bond donors (Lipinski definition) is 2. The lowest BCUT2D eigenvalue weighted by atomic mass is 9.95. The van der Waals surface area contributed by atoms with Gasteiger partial charge in [0.25, 0.3) is 5.56 Å². The van der Waals surface area contributed by atoms with Gasteiger partial charge in [-0.25, -0.2) is 4.98 Å². The van der Waals surface area contributed by atoms with Crippen LogP contribution in [0.15, 0.2) is 41.5 Å². The third-order valence-electron chi connectivity index (χ3n) is 5.02. The second-order valence-corrected chi connectivity index (χ2v) is 6.97. The topological polar surface area (TPSA) is 95.9 Å². The molecule has 1 unspecified atom stereocenters. The Hall–Kier alpha value is -2.71. The van der Waals surface area contributed by atoms with Gasteiger partial charge in [0.15, 0.2) is 11.4 Å². The van der Waals surface area contributed by atoms with Crippen LogP contribution in [0.5, 0.6) is 5.75 Å². The lowest BCUT2D eigenvalue weighted by molar-refractivity contribution is 0.195. The number of pyridine rings is 1. The predicted octanol–water partition coefficient (Wildman–Crippen LogP) is 0.968. The van der Waals surface area contributed by atoms with Gasteiger partial charge in [0, 0.05) is 37.5 Å². The van der Waals surface area contributed by atoms with E-state index in [4.69, 9.17) is 5.11 Å². The van der Waals surface area contributed by atoms with Crippen molar-refractivity contribution in [3.63, 3.8) is 0 Å². The van der Waals surface area contributed by atoms with E-state index in [0.29, 0.717) is 24.7 Å². The summed E-state index contributed by atoms with van der Waals surface area (Å²) in [4.78, 5) is 19.1. The molecule has 0 bridgehead atoms. The van der Waals surface area contributed by atoms with E-state index in [2.05, 4.69) is 15.0 Å². The summed E-state index contributed by atoms with van der Waals surface area (Å²) in [6, 6.07) is 6.70. The molecular formula is C19H23N5O3. The molecule has 1 fully saturated rings. The Labute approximate surface area is 156 Å². The van der Waals surface area contributed by atoms with Crippen molar-refractivity contribution in [2.24, 2.45) is 0 Å². The highest BCUT2D eigenvalue weighted by atomic mass is 16.3. The molecule has 1 aliphatic rings. The van der Waals surface area contributed by atoms with Gasteiger partial charge in [-0.05, 0) is 37.6 Å². The predicted molar refractivity (Wildman–Crippen MR) is 99.7 cm³/mol. The van der Waals surface area contributed by atoms with E-state index < -0.39 is 0 Å². The van der Waals surface area contributed by atoms with Crippen LogP contribution in [-0.4, -0.2) is 54.0 Å². The second kappa shape index (κ2) is 7.50. The van der Waals surface area contributed by atoms with Gasteiger partial charge in [0.05, 0.1) is 24.5 Å². The molecule has 3 aromatic heterocycles. The fraction of sp³-hybridized carbons (Fsp3) is 0.421. The van der Waals surface area contributed by atoms with Gasteiger partial charge in [-0.3, -0.25) is 18.8 Å². The number of aliphatic hydroxyl groups is 1. The summed E-state index contributed by atoms with van der Waals surface area (Å²) in [5, 5.41) is 23.6. The van der Waals surface area contributed by atoms with Crippen molar-refractivity contribution in [2.45, 2.75) is 31.8 Å². The SMILES string of the molecule is O=c1cc(CN2CCCC(c3ccn(CCO)n3)C2)nc2c(O)cccn12. The lowest BCUT2D eigenvalue weighted by Gasteiger charge is -2.31. The van der Waals surface area contributed by atoms with Crippen LogP contribution in [0.4, 0.5) is 0 Å². The van der Waals surface area contributed by atoms with Gasteiger partial charge in [-0.15, -0.1) is 0 Å². The Bertz CT molecular complexity index is 996. The Morgan fingerprint density at radius 1 is 1.26 bits per heavy atom. The summed E-state index contributed by atoms with van der Waals surface area (Å²) in [5.74, 6) is 0.330. The fourth-order valence-corrected chi connectivity index (χ4v) is 3.73. The summed E-state index contributed by atoms with van der Waals surface area (Å²) in [6.45, 7) is 2.93. The van der Waals surface area contributed by atoms with Gasteiger partial charge < -0.3 is 10.2 Å². The monoisotopic (exact) mass is 369 g/mol. The molecular weight excluding hydrogens is 346 g/mol. The maximum atomic E-state index is 12.3. The Morgan fingerprint density at radius 3 is 3.00 bits per heavy atom. The van der Waals surface area contributed by atoms with Crippen LogP contribution in [0.3, 0.4) is 0 Å². The van der Waals surface area contributed by atoms with Gasteiger partial charge in [-0.1, -0.05) is 0 Å². The number of aromatic nitrogens is 4. The minimum Gasteiger partial charge on any atom is -0.504 e. The van der Waals surface area contributed by atoms with E-state index in [1.54, 1.807) is 16.9 Å². The molecule has 4 heterocycles. The maximum Gasteiger partial charge on any atom is 0.258 e. The molecule has 4 rings (SSSR count). The average molecular weight is 369 g/mol. The molecule has 8 nitrogen and oxygen atoms in total. The highest BCUT2D eigenvalue weighted by Crippen LogP contribution is 2.26. The first-order chi connectivity index (χ1) is 13.1. The van der Waals surface area contributed by atoms with Crippen LogP contribution in [0, 0.1) is 0 Å². The van der Waals surface area contributed by atoms with Crippen molar-refractivity contribution in [2.75, 3.05) is 19.7 Å². The van der Waals surface area contributed by atoms with E-state index in [1.807, 2.05) is 12.3 Å². The fourth-order valence-electron chi connectivity index (χ4n) is 3.73. The highest BCUT2D eigenvalue weighted by Gasteiger charge is 2.23. The first-order valence-corrected chi connectivity index (χ1v) is 9.21. The smallest absolute Gasteiger partial charge is 0.258 e. The van der Waals surface area contributed by atoms with E-state index in [-0.39, 0.29) is 23.6 Å². The standard InChI is InChI=1S/C19H23N5O3/c25-10-9-23-8-5-16(21-23)14-3-1-6-22(12-14)13-15-11-18(27)24-7-2-4-17(26)19(24)20-15/h2,4-5,7-8,11,14,25-26H,1,3,6,9-10,12-13H2. The number of fused-ring (bicyclic) bond motifs is 1. The third kappa shape index (κ3) is 3.72. The zero-order valence-corrected chi connectivity index (χ0v) is 15.0. The van der Waals surface area contributed by atoms with Crippen molar-refractivity contribution in [3.8, 4) is 5.75 Å². The van der Waals surface area contributed by atoms with E-state index in [1.165, 1.54) is 16.5 Å². The molecule has 0 spiro atoms. The van der Waals surface area contributed by atoms with Crippen molar-refractivity contribution in [1.29, 1.82) is 0 Å². The van der Waals surface area contributed by atoms with Gasteiger partial charge in [0.1, 0.15) is 0 Å². The number of rotatable bonds is 5. The van der Waals surface area contributed by atoms with E-state index in [0.717, 1.165) is 31.6 Å². The largest absolute Gasteiger partial charge is 0.504 e. The van der Waals surface area contributed by atoms with Gasteiger partial charge in [0.2, 0.25) is 0 Å².